The summed E-state index contributed by atoms with van der Waals surface area (Å²) in [6.07, 6.45) is 15.5. The Balaban J connectivity index is 0.000000171. The molecular weight excluding hydrogens is 1900 g/mol. The van der Waals surface area contributed by atoms with Crippen LogP contribution in [0.15, 0.2) is 113 Å². The Labute approximate surface area is 781 Å². The number of pyridine rings is 6. The standard InChI is InChI=1S/C27H34BrN5O3.C22H30BrN3O4.C19H24BrN3O3.C17H22BrN3O2.C8H10ClN2O/c1-6-32(21-7-9-31(10-8-21)19(5)34)27-18(4)23(13-22-12-20(28)15-33(22)27)25(35)29-14-24-16(2)11-17(3)30-26(24)36;1-6-25(17-7-9-24(10-8-17)21(28)30-22(3,4)5)20-15(2)19(29-14-27)12-18-11-16(23)13-26(18)20;1-4-22(16-5-7-21(8-6-16)14(3)25)19-13(2)18(26-12-24)10-17-9-15(20)11-23(17)19;1-3-20(14-4-6-19-7-5-14)17-12(2)16(23-11-22)9-15-8-13(18)10-21(15)17;1-5-3-6(2)11-8(12)7(5)4-10-9/h11-13,15,21H,6-10,14H2,1-5H3,(H,29,35)(H,30,36);11-14,17H,6-10H2,1-5H3;9-12,16H,4-8H2,1-3H3;8-11,14,19H,3-7H2,1-2H3;3H,4H2,1-2H3,(H,11,12)/q;;;;-1. The summed E-state index contributed by atoms with van der Waals surface area (Å²) in [5.41, 5.74) is 12.0. The second-order valence-corrected chi connectivity index (χ2v) is 37.4. The van der Waals surface area contributed by atoms with E-state index in [2.05, 4.69) is 160 Å². The van der Waals surface area contributed by atoms with Crippen LogP contribution in [0.3, 0.4) is 0 Å². The third-order valence-corrected chi connectivity index (χ3v) is 25.9. The number of anilines is 4. The van der Waals surface area contributed by atoms with Crippen molar-refractivity contribution in [3.8, 4) is 17.2 Å². The van der Waals surface area contributed by atoms with Crippen LogP contribution in [0.25, 0.3) is 26.9 Å². The van der Waals surface area contributed by atoms with Gasteiger partial charge < -0.3 is 96.3 Å². The van der Waals surface area contributed by atoms with Crippen LogP contribution in [-0.2, 0) is 41.8 Å². The van der Waals surface area contributed by atoms with Crippen molar-refractivity contribution in [3.63, 3.8) is 0 Å². The third kappa shape index (κ3) is 24.3. The van der Waals surface area contributed by atoms with Crippen LogP contribution in [0.1, 0.15) is 180 Å². The number of hydrogen-bond donors (Lipinski definition) is 4. The van der Waals surface area contributed by atoms with E-state index in [9.17, 15) is 43.2 Å². The van der Waals surface area contributed by atoms with E-state index < -0.39 is 5.60 Å². The summed E-state index contributed by atoms with van der Waals surface area (Å²) in [5, 5.41) is 6.39. The fourth-order valence-electron chi connectivity index (χ4n) is 17.9. The van der Waals surface area contributed by atoms with E-state index >= 15 is 0 Å². The van der Waals surface area contributed by atoms with Gasteiger partial charge in [-0.15, -0.1) is 6.54 Å². The molecule has 0 aromatic carbocycles. The molecule has 4 N–H and O–H groups in total. The summed E-state index contributed by atoms with van der Waals surface area (Å²) in [5.74, 6) is 5.94. The van der Waals surface area contributed by atoms with Crippen molar-refractivity contribution < 1.29 is 52.5 Å². The zero-order valence-corrected chi connectivity index (χ0v) is 82.8. The van der Waals surface area contributed by atoms with Crippen LogP contribution in [-0.4, -0.2) is 194 Å². The van der Waals surface area contributed by atoms with Crippen molar-refractivity contribution in [2.24, 2.45) is 0 Å². The molecule has 0 atom stereocenters. The molecule has 0 radical (unpaired) electrons. The number of halogens is 5. The number of carbonyl (C=O) groups is 7. The first-order valence-corrected chi connectivity index (χ1v) is 46.8. The molecule has 0 aliphatic carbocycles. The summed E-state index contributed by atoms with van der Waals surface area (Å²) in [4.78, 5) is 130. The van der Waals surface area contributed by atoms with Gasteiger partial charge in [0.15, 0.2) is 0 Å². The fraction of sp³-hybridized carbons (Fsp3) is 0.473. The summed E-state index contributed by atoms with van der Waals surface area (Å²) in [6, 6.07) is 20.8. The number of rotatable bonds is 23. The van der Waals surface area contributed by atoms with E-state index in [1.165, 1.54) is 0 Å². The second kappa shape index (κ2) is 45.1. The van der Waals surface area contributed by atoms with Crippen molar-refractivity contribution in [3.05, 3.63) is 190 Å². The highest BCUT2D eigenvalue weighted by Crippen LogP contribution is 2.41. The number of likely N-dealkylation sites (tertiary alicyclic amines) is 3. The normalized spacial score (nSPS) is 14.6. The number of nitrogens with one attached hydrogen (secondary N) is 4. The van der Waals surface area contributed by atoms with Gasteiger partial charge in [-0.3, -0.25) is 50.1 Å². The average Bonchev–Trinajstić information content (AvgIpc) is 1.31. The van der Waals surface area contributed by atoms with Gasteiger partial charge >= 0.3 is 6.09 Å². The van der Waals surface area contributed by atoms with E-state index in [-0.39, 0.29) is 60.1 Å². The maximum atomic E-state index is 13.4. The Morgan fingerprint density at radius 2 is 0.787 bits per heavy atom. The Morgan fingerprint density at radius 1 is 0.472 bits per heavy atom. The number of amides is 4. The zero-order valence-electron chi connectivity index (χ0n) is 75.7. The molecule has 14 rings (SSSR count). The molecule has 34 heteroatoms. The van der Waals surface area contributed by atoms with Gasteiger partial charge in [-0.2, -0.15) is 0 Å². The van der Waals surface area contributed by atoms with Crippen LogP contribution < -0.4 is 55.6 Å². The van der Waals surface area contributed by atoms with Crippen molar-refractivity contribution in [2.75, 3.05) is 98.1 Å². The molecule has 29 nitrogen and oxygen atoms in total. The van der Waals surface area contributed by atoms with Gasteiger partial charge in [-0.05, 0) is 286 Å². The molecular formula is C93H120Br4ClN16O13-. The first-order valence-electron chi connectivity index (χ1n) is 43.3. The molecule has 0 bridgehead atoms. The van der Waals surface area contributed by atoms with Crippen molar-refractivity contribution in [1.29, 1.82) is 0 Å². The molecule has 4 fully saturated rings. The van der Waals surface area contributed by atoms with Gasteiger partial charge in [0, 0.05) is 227 Å². The van der Waals surface area contributed by atoms with E-state index in [4.69, 9.17) is 30.7 Å². The lowest BCUT2D eigenvalue weighted by molar-refractivity contribution is -0.130. The minimum absolute atomic E-state index is 0.100. The molecule has 127 heavy (non-hydrogen) atoms. The average molecular weight is 2030 g/mol. The molecule has 14 heterocycles. The van der Waals surface area contributed by atoms with Gasteiger partial charge in [0.25, 0.3) is 30.9 Å². The number of nitrogens with zero attached hydrogens (tertiary/aromatic N) is 12. The summed E-state index contributed by atoms with van der Waals surface area (Å²) in [6.45, 7) is 44.5. The Morgan fingerprint density at radius 3 is 1.09 bits per heavy atom. The lowest BCUT2D eigenvalue weighted by Gasteiger charge is -2.40. The summed E-state index contributed by atoms with van der Waals surface area (Å²) in [7, 11) is 0. The van der Waals surface area contributed by atoms with Crippen LogP contribution in [0.4, 0.5) is 28.1 Å². The van der Waals surface area contributed by atoms with E-state index in [1.54, 1.807) is 18.7 Å². The number of aromatic nitrogens is 6. The number of aryl methyl sites for hydroxylation is 4. The highest BCUT2D eigenvalue weighted by Gasteiger charge is 2.35. The van der Waals surface area contributed by atoms with Crippen molar-refractivity contribution in [1.82, 2.24) is 52.9 Å². The van der Waals surface area contributed by atoms with E-state index in [0.29, 0.717) is 78.5 Å². The Bertz CT molecular complexity index is 5710. The maximum absolute atomic E-state index is 13.4. The van der Waals surface area contributed by atoms with Crippen molar-refractivity contribution in [2.45, 2.75) is 212 Å². The first-order chi connectivity index (χ1) is 60.5. The van der Waals surface area contributed by atoms with Gasteiger partial charge in [-0.25, -0.2) is 4.79 Å². The van der Waals surface area contributed by atoms with Gasteiger partial charge in [0.1, 0.15) is 46.1 Å². The largest absolute Gasteiger partial charge is 0.571 e. The predicted molar refractivity (Wildman–Crippen MR) is 516 cm³/mol. The molecule has 0 unspecified atom stereocenters. The van der Waals surface area contributed by atoms with Gasteiger partial charge in [-0.1, -0.05) is 0 Å². The molecule has 10 aromatic rings. The smallest absolute Gasteiger partial charge is 0.410 e. The topological polar surface area (TPSA) is 301 Å². The fourth-order valence-corrected chi connectivity index (χ4v) is 19.8. The van der Waals surface area contributed by atoms with E-state index in [1.807, 2.05) is 165 Å². The molecule has 4 amide bonds. The number of H-pyrrole nitrogens is 2. The molecule has 10 aromatic heterocycles. The lowest BCUT2D eigenvalue weighted by atomic mass is 10.0. The van der Waals surface area contributed by atoms with Crippen LogP contribution in [0.2, 0.25) is 0 Å². The van der Waals surface area contributed by atoms with Crippen LogP contribution in [0.5, 0.6) is 17.2 Å². The highest BCUT2D eigenvalue weighted by molar-refractivity contribution is 9.11. The molecule has 0 spiro atoms. The highest BCUT2D eigenvalue weighted by atomic mass is 79.9. The number of ether oxygens (including phenoxy) is 4. The van der Waals surface area contributed by atoms with Crippen LogP contribution in [0, 0.1) is 55.4 Å². The minimum atomic E-state index is -0.493. The molecule has 0 saturated carbocycles. The second-order valence-electron chi connectivity index (χ2n) is 33.5. The van der Waals surface area contributed by atoms with Gasteiger partial charge in [0.2, 0.25) is 17.4 Å². The number of piperidine rings is 4. The maximum Gasteiger partial charge on any atom is 0.410 e. The van der Waals surface area contributed by atoms with E-state index in [0.717, 1.165) is 225 Å². The van der Waals surface area contributed by atoms with Crippen molar-refractivity contribution >= 4 is 164 Å². The SMILES string of the molecule is CCN(c1c(C)c(C(=O)NCc2c(C)cc(C)[nH]c2=O)cc2cc(Br)cn12)C1CCN(C(C)=O)CC1.CCN(c1c(C)c(OC=O)cc2cc(Br)cn12)C1CCN(C(=O)OC(C)(C)C)CC1.CCN(c1c(C)c(OC=O)cc2cc(Br)cn12)C1CCN(C(C)=O)CC1.CCN(c1c(C)c(OC=O)cc2cc(Br)cn12)C1CCNCC1.Cc1cc(C)c(C[N-]Cl)c(=O)[nH]1. The Kier molecular flexibility index (Phi) is 35.3. The zero-order chi connectivity index (χ0) is 92.6. The first kappa shape index (κ1) is 99.5. The summed E-state index contributed by atoms with van der Waals surface area (Å²) >= 11 is 19.4. The Hall–Kier alpha value is -9.64. The molecule has 686 valence electrons. The minimum Gasteiger partial charge on any atom is -0.571 e. The van der Waals surface area contributed by atoms with Crippen LogP contribution >= 0.6 is 75.5 Å². The predicted octanol–water partition coefficient (Wildman–Crippen LogP) is 17.4. The number of fused-ring (bicyclic) bond motifs is 4. The van der Waals surface area contributed by atoms with Gasteiger partial charge in [0.05, 0.1) is 16.6 Å². The number of aromatic amines is 2. The quantitative estimate of drug-likeness (QED) is 0.0433. The monoisotopic (exact) mass is 2020 g/mol. The number of hydrogen-bond acceptors (Lipinski definition) is 18. The molecule has 4 aliphatic rings. The number of carbonyl (C=O) groups excluding carboxylic acids is 7. The lowest BCUT2D eigenvalue weighted by Crippen LogP contribution is -2.48. The summed E-state index contributed by atoms with van der Waals surface area (Å²) < 4.78 is 33.7. The third-order valence-electron chi connectivity index (χ3n) is 24.0. The molecule has 4 saturated heterocycles. The molecule has 4 aliphatic heterocycles.